The molecule has 8 nitrogen and oxygen atoms in total. The quantitative estimate of drug-likeness (QED) is 0.551. The van der Waals surface area contributed by atoms with E-state index >= 15 is 0 Å². The number of imide groups is 1. The number of anilines is 1. The Morgan fingerprint density at radius 3 is 2.52 bits per heavy atom. The number of rotatable bonds is 4. The van der Waals surface area contributed by atoms with Crippen LogP contribution in [0.15, 0.2) is 40.3 Å². The Hall–Kier alpha value is -2.74. The van der Waals surface area contributed by atoms with Crippen molar-refractivity contribution in [3.05, 3.63) is 47.2 Å². The van der Waals surface area contributed by atoms with Crippen LogP contribution in [0.1, 0.15) is 42.5 Å². The molecule has 10 heteroatoms. The van der Waals surface area contributed by atoms with Crippen molar-refractivity contribution < 1.29 is 18.0 Å². The molecule has 4 rings (SSSR count). The number of carbonyl (C=O) groups is 2. The van der Waals surface area contributed by atoms with Crippen molar-refractivity contribution in [2.45, 2.75) is 53.7 Å². The number of nitriles is 1. The molecule has 1 atom stereocenters. The van der Waals surface area contributed by atoms with Gasteiger partial charge in [-0.15, -0.1) is 0 Å². The van der Waals surface area contributed by atoms with Crippen LogP contribution >= 0.6 is 11.8 Å². The molecule has 0 bridgehead atoms. The van der Waals surface area contributed by atoms with Gasteiger partial charge in [0.15, 0.2) is 0 Å². The Kier molecular flexibility index (Phi) is 5.83. The second-order valence-electron chi connectivity index (χ2n) is 7.54. The van der Waals surface area contributed by atoms with Crippen LogP contribution in [0.2, 0.25) is 0 Å². The summed E-state index contributed by atoms with van der Waals surface area (Å²) in [5.74, 6) is -0.807. The number of nitrogens with two attached hydrogens (primary N) is 1. The number of hydrogen-bond acceptors (Lipinski definition) is 7. The van der Waals surface area contributed by atoms with Crippen molar-refractivity contribution in [1.82, 2.24) is 4.98 Å². The molecular weight excluding hydrogens is 436 g/mol. The fourth-order valence-corrected chi connectivity index (χ4v) is 5.46. The zero-order chi connectivity index (χ0) is 22.2. The molecular formula is C21H20N4O4S2. The third kappa shape index (κ3) is 4.35. The summed E-state index contributed by atoms with van der Waals surface area (Å²) in [5, 5.41) is 14.4. The van der Waals surface area contributed by atoms with Crippen LogP contribution in [0.3, 0.4) is 0 Å². The second kappa shape index (κ2) is 8.42. The number of aryl methyl sites for hydroxylation is 2. The predicted molar refractivity (Wildman–Crippen MR) is 115 cm³/mol. The lowest BCUT2D eigenvalue weighted by atomic mass is 10.1. The average molecular weight is 457 g/mol. The first-order chi connectivity index (χ1) is 14.8. The molecule has 1 aliphatic carbocycles. The first kappa shape index (κ1) is 21.5. The fraction of sp³-hybridized carbons (Fsp3) is 0.333. The molecule has 31 heavy (non-hydrogen) atoms. The topological polar surface area (TPSA) is 134 Å². The standard InChI is InChI=1S/C21H20N4O4S2/c22-12-14-10-13-4-2-1-3-5-17(13)24-20(14)30-18-11-19(26)25(21(18)27)15-6-8-16(9-7-15)31(23,28)29/h6-10,18H,1-5,11H2,(H2,23,28,29). The summed E-state index contributed by atoms with van der Waals surface area (Å²) in [5.41, 5.74) is 2.75. The Labute approximate surface area is 184 Å². The summed E-state index contributed by atoms with van der Waals surface area (Å²) in [7, 11) is -3.87. The van der Waals surface area contributed by atoms with E-state index < -0.39 is 21.2 Å². The van der Waals surface area contributed by atoms with Crippen molar-refractivity contribution >= 4 is 39.3 Å². The highest BCUT2D eigenvalue weighted by Gasteiger charge is 2.41. The lowest BCUT2D eigenvalue weighted by molar-refractivity contribution is -0.121. The largest absolute Gasteiger partial charge is 0.274 e. The molecule has 2 N–H and O–H groups in total. The molecule has 0 spiro atoms. The number of amides is 2. The van der Waals surface area contributed by atoms with Gasteiger partial charge in [0.25, 0.3) is 0 Å². The second-order valence-corrected chi connectivity index (χ2v) is 10.3. The number of hydrogen-bond donors (Lipinski definition) is 1. The molecule has 0 saturated carbocycles. The lowest BCUT2D eigenvalue weighted by Crippen LogP contribution is -2.31. The smallest absolute Gasteiger partial charge is 0.247 e. The molecule has 1 aliphatic heterocycles. The average Bonchev–Trinajstić information content (AvgIpc) is 2.89. The molecule has 0 radical (unpaired) electrons. The van der Waals surface area contributed by atoms with Crippen LogP contribution in [0, 0.1) is 11.3 Å². The summed E-state index contributed by atoms with van der Waals surface area (Å²) < 4.78 is 22.9. The van der Waals surface area contributed by atoms with E-state index in [2.05, 4.69) is 11.1 Å². The number of thioether (sulfide) groups is 1. The normalized spacial score (nSPS) is 19.1. The number of sulfonamides is 1. The van der Waals surface area contributed by atoms with E-state index in [1.54, 1.807) is 0 Å². The van der Waals surface area contributed by atoms with Gasteiger partial charge in [-0.3, -0.25) is 9.59 Å². The Bertz CT molecular complexity index is 1200. The molecule has 1 fully saturated rings. The van der Waals surface area contributed by atoms with Gasteiger partial charge in [-0.2, -0.15) is 5.26 Å². The third-order valence-electron chi connectivity index (χ3n) is 5.42. The summed E-state index contributed by atoms with van der Waals surface area (Å²) in [6, 6.07) is 9.30. The van der Waals surface area contributed by atoms with Gasteiger partial charge in [-0.05, 0) is 61.6 Å². The molecule has 2 heterocycles. The molecule has 1 aromatic carbocycles. The van der Waals surface area contributed by atoms with E-state index in [1.165, 1.54) is 24.3 Å². The van der Waals surface area contributed by atoms with E-state index in [0.29, 0.717) is 10.6 Å². The zero-order valence-corrected chi connectivity index (χ0v) is 18.2. The van der Waals surface area contributed by atoms with Crippen LogP contribution in [0.4, 0.5) is 5.69 Å². The highest BCUT2D eigenvalue weighted by atomic mass is 32.2. The van der Waals surface area contributed by atoms with Gasteiger partial charge in [-0.1, -0.05) is 18.2 Å². The number of primary sulfonamides is 1. The molecule has 2 aliphatic rings. The van der Waals surface area contributed by atoms with Crippen LogP contribution in [-0.4, -0.2) is 30.5 Å². The molecule has 160 valence electrons. The molecule has 2 aromatic rings. The van der Waals surface area contributed by atoms with Crippen molar-refractivity contribution in [3.8, 4) is 6.07 Å². The van der Waals surface area contributed by atoms with Gasteiger partial charge in [-0.25, -0.2) is 23.4 Å². The highest BCUT2D eigenvalue weighted by Crippen LogP contribution is 2.36. The van der Waals surface area contributed by atoms with Gasteiger partial charge in [0.2, 0.25) is 21.8 Å². The van der Waals surface area contributed by atoms with Gasteiger partial charge in [0, 0.05) is 12.1 Å². The van der Waals surface area contributed by atoms with Gasteiger partial charge >= 0.3 is 0 Å². The number of benzene rings is 1. The molecule has 1 saturated heterocycles. The predicted octanol–water partition coefficient (Wildman–Crippen LogP) is 2.29. The number of pyridine rings is 1. The Morgan fingerprint density at radius 2 is 1.84 bits per heavy atom. The summed E-state index contributed by atoms with van der Waals surface area (Å²) in [4.78, 5) is 31.2. The summed E-state index contributed by atoms with van der Waals surface area (Å²) in [6.07, 6.45) is 4.94. The van der Waals surface area contributed by atoms with Crippen LogP contribution in [0.25, 0.3) is 0 Å². The van der Waals surface area contributed by atoms with Crippen LogP contribution in [0.5, 0.6) is 0 Å². The maximum Gasteiger partial charge on any atom is 0.247 e. The van der Waals surface area contributed by atoms with Crippen molar-refractivity contribution in [2.75, 3.05) is 4.90 Å². The van der Waals surface area contributed by atoms with Gasteiger partial charge < -0.3 is 0 Å². The van der Waals surface area contributed by atoms with Crippen molar-refractivity contribution in [3.63, 3.8) is 0 Å². The Balaban J connectivity index is 1.59. The third-order valence-corrected chi connectivity index (χ3v) is 7.54. The highest BCUT2D eigenvalue weighted by molar-refractivity contribution is 8.00. The number of carbonyl (C=O) groups excluding carboxylic acids is 2. The minimum Gasteiger partial charge on any atom is -0.274 e. The van der Waals surface area contributed by atoms with Crippen LogP contribution in [-0.2, 0) is 32.5 Å². The zero-order valence-electron chi connectivity index (χ0n) is 16.6. The first-order valence-corrected chi connectivity index (χ1v) is 12.3. The first-order valence-electron chi connectivity index (χ1n) is 9.87. The summed E-state index contributed by atoms with van der Waals surface area (Å²) >= 11 is 1.14. The van der Waals surface area contributed by atoms with Gasteiger partial charge in [0.1, 0.15) is 11.1 Å². The molecule has 1 unspecified atom stereocenters. The monoisotopic (exact) mass is 456 g/mol. The Morgan fingerprint density at radius 1 is 1.13 bits per heavy atom. The number of aromatic nitrogens is 1. The lowest BCUT2D eigenvalue weighted by Gasteiger charge is -2.16. The number of nitrogens with zero attached hydrogens (tertiary/aromatic N) is 3. The maximum atomic E-state index is 13.0. The van der Waals surface area contributed by atoms with E-state index in [9.17, 15) is 23.3 Å². The number of fused-ring (bicyclic) bond motifs is 1. The molecule has 1 aromatic heterocycles. The van der Waals surface area contributed by atoms with Crippen LogP contribution < -0.4 is 10.0 Å². The fourth-order valence-electron chi connectivity index (χ4n) is 3.85. The minimum absolute atomic E-state index is 0.0237. The van der Waals surface area contributed by atoms with Crippen molar-refractivity contribution in [2.24, 2.45) is 5.14 Å². The van der Waals surface area contributed by atoms with E-state index in [1.807, 2.05) is 6.07 Å². The SMILES string of the molecule is N#Cc1cc2c(nc1SC1CC(=O)N(c3ccc(S(N)(=O)=O)cc3)C1=O)CCCCC2. The maximum absolute atomic E-state index is 13.0. The van der Waals surface area contributed by atoms with E-state index in [-0.39, 0.29) is 22.9 Å². The van der Waals surface area contributed by atoms with Gasteiger partial charge in [0.05, 0.1) is 21.4 Å². The van der Waals surface area contributed by atoms with E-state index in [4.69, 9.17) is 5.14 Å². The van der Waals surface area contributed by atoms with E-state index in [0.717, 1.165) is 60.0 Å². The minimum atomic E-state index is -3.87. The van der Waals surface area contributed by atoms with Crippen molar-refractivity contribution in [1.29, 1.82) is 5.26 Å². The molecule has 2 amide bonds. The summed E-state index contributed by atoms with van der Waals surface area (Å²) in [6.45, 7) is 0.